The number of ether oxygens (including phenoxy) is 1. The molecule has 0 heterocycles. The number of hydrogen-bond acceptors (Lipinski definition) is 3. The second kappa shape index (κ2) is 7.20. The lowest BCUT2D eigenvalue weighted by Crippen LogP contribution is -2.39. The molecule has 1 fully saturated rings. The molecule has 0 aliphatic heterocycles. The molecule has 0 atom stereocenters. The molecule has 1 aliphatic carbocycles. The first-order chi connectivity index (χ1) is 12.4. The molecule has 5 nitrogen and oxygen atoms in total. The molecular weight excluding hydrogens is 328 g/mol. The number of aryl methyl sites for hydroxylation is 2. The van der Waals surface area contributed by atoms with Crippen LogP contribution in [0.5, 0.6) is 5.75 Å². The Kier molecular flexibility index (Phi) is 4.98. The monoisotopic (exact) mass is 352 g/mol. The smallest absolute Gasteiger partial charge is 0.240 e. The fourth-order valence-corrected chi connectivity index (χ4v) is 2.90. The van der Waals surface area contributed by atoms with Gasteiger partial charge in [-0.3, -0.25) is 9.59 Å². The molecule has 0 saturated heterocycles. The van der Waals surface area contributed by atoms with Gasteiger partial charge < -0.3 is 15.4 Å². The summed E-state index contributed by atoms with van der Waals surface area (Å²) in [5.74, 6) is 0.0878. The van der Waals surface area contributed by atoms with Crippen LogP contribution in [-0.4, -0.2) is 18.9 Å². The van der Waals surface area contributed by atoms with E-state index in [2.05, 4.69) is 10.6 Å². The Morgan fingerprint density at radius 3 is 2.27 bits per heavy atom. The number of methoxy groups -OCH3 is 1. The van der Waals surface area contributed by atoms with Crippen molar-refractivity contribution in [2.24, 2.45) is 5.41 Å². The second-order valence-corrected chi connectivity index (χ2v) is 6.91. The summed E-state index contributed by atoms with van der Waals surface area (Å²) in [6.45, 7) is 4.38. The van der Waals surface area contributed by atoms with Crippen LogP contribution in [0.15, 0.2) is 42.5 Å². The standard InChI is InChI=1S/C21H24N2O3/c1-14-4-7-16(8-5-14)13-22-19(24)21(10-11-21)20(25)23-17-12-15(2)6-9-18(17)26-3/h4-9,12H,10-11,13H2,1-3H3,(H,22,24)(H,23,25). The van der Waals surface area contributed by atoms with Gasteiger partial charge in [0.05, 0.1) is 12.8 Å². The molecule has 0 spiro atoms. The van der Waals surface area contributed by atoms with Crippen LogP contribution in [0.3, 0.4) is 0 Å². The lowest BCUT2D eigenvalue weighted by molar-refractivity contribution is -0.134. The van der Waals surface area contributed by atoms with Crippen LogP contribution in [0.2, 0.25) is 0 Å². The van der Waals surface area contributed by atoms with Gasteiger partial charge in [-0.15, -0.1) is 0 Å². The van der Waals surface area contributed by atoms with Crippen LogP contribution < -0.4 is 15.4 Å². The van der Waals surface area contributed by atoms with Crippen molar-refractivity contribution >= 4 is 17.5 Å². The summed E-state index contributed by atoms with van der Waals surface area (Å²) in [7, 11) is 1.56. The van der Waals surface area contributed by atoms with Crippen LogP contribution in [0, 0.1) is 19.3 Å². The topological polar surface area (TPSA) is 67.4 Å². The van der Waals surface area contributed by atoms with E-state index < -0.39 is 5.41 Å². The molecule has 136 valence electrons. The molecule has 1 aliphatic rings. The predicted molar refractivity (Wildman–Crippen MR) is 101 cm³/mol. The molecule has 2 aromatic carbocycles. The lowest BCUT2D eigenvalue weighted by atomic mass is 10.0. The van der Waals surface area contributed by atoms with E-state index >= 15 is 0 Å². The number of hydrogen-bond donors (Lipinski definition) is 2. The maximum absolute atomic E-state index is 12.7. The Morgan fingerprint density at radius 2 is 1.65 bits per heavy atom. The van der Waals surface area contributed by atoms with Gasteiger partial charge in [-0.05, 0) is 49.9 Å². The van der Waals surface area contributed by atoms with Gasteiger partial charge in [-0.25, -0.2) is 0 Å². The summed E-state index contributed by atoms with van der Waals surface area (Å²) in [5.41, 5.74) is 2.81. The Morgan fingerprint density at radius 1 is 1.00 bits per heavy atom. The average molecular weight is 352 g/mol. The van der Waals surface area contributed by atoms with Gasteiger partial charge in [0.2, 0.25) is 11.8 Å². The van der Waals surface area contributed by atoms with E-state index in [9.17, 15) is 9.59 Å². The SMILES string of the molecule is COc1ccc(C)cc1NC(=O)C1(C(=O)NCc2ccc(C)cc2)CC1. The van der Waals surface area contributed by atoms with Gasteiger partial charge in [0.15, 0.2) is 0 Å². The maximum Gasteiger partial charge on any atom is 0.240 e. The highest BCUT2D eigenvalue weighted by Gasteiger charge is 2.56. The van der Waals surface area contributed by atoms with Gasteiger partial charge in [-0.1, -0.05) is 35.9 Å². The number of rotatable bonds is 6. The van der Waals surface area contributed by atoms with Crippen molar-refractivity contribution in [3.8, 4) is 5.75 Å². The van der Waals surface area contributed by atoms with E-state index in [1.165, 1.54) is 5.56 Å². The highest BCUT2D eigenvalue weighted by molar-refractivity contribution is 6.13. The number of carbonyl (C=O) groups excluding carboxylic acids is 2. The summed E-state index contributed by atoms with van der Waals surface area (Å²) in [6, 6.07) is 13.5. The number of anilines is 1. The third kappa shape index (κ3) is 3.72. The summed E-state index contributed by atoms with van der Waals surface area (Å²) in [5, 5.41) is 5.76. The second-order valence-electron chi connectivity index (χ2n) is 6.91. The van der Waals surface area contributed by atoms with Crippen LogP contribution >= 0.6 is 0 Å². The molecular formula is C21H24N2O3. The van der Waals surface area contributed by atoms with Gasteiger partial charge in [0.1, 0.15) is 11.2 Å². The Balaban J connectivity index is 1.66. The van der Waals surface area contributed by atoms with E-state index in [-0.39, 0.29) is 11.8 Å². The predicted octanol–water partition coefficient (Wildman–Crippen LogP) is 3.35. The largest absolute Gasteiger partial charge is 0.495 e. The Hall–Kier alpha value is -2.82. The first-order valence-electron chi connectivity index (χ1n) is 8.74. The zero-order valence-corrected chi connectivity index (χ0v) is 15.4. The molecule has 2 aromatic rings. The molecule has 0 unspecified atom stereocenters. The molecule has 0 radical (unpaired) electrons. The zero-order valence-electron chi connectivity index (χ0n) is 15.4. The minimum Gasteiger partial charge on any atom is -0.495 e. The third-order valence-corrected chi connectivity index (χ3v) is 4.80. The number of amides is 2. The summed E-state index contributed by atoms with van der Waals surface area (Å²) >= 11 is 0. The van der Waals surface area contributed by atoms with Crippen molar-refractivity contribution in [1.82, 2.24) is 5.32 Å². The van der Waals surface area contributed by atoms with Gasteiger partial charge in [0.25, 0.3) is 0 Å². The summed E-state index contributed by atoms with van der Waals surface area (Å²) in [6.07, 6.45) is 1.12. The lowest BCUT2D eigenvalue weighted by Gasteiger charge is -2.17. The molecule has 0 aromatic heterocycles. The fourth-order valence-electron chi connectivity index (χ4n) is 2.90. The van der Waals surface area contributed by atoms with E-state index in [1.54, 1.807) is 7.11 Å². The van der Waals surface area contributed by atoms with Crippen molar-refractivity contribution in [2.75, 3.05) is 12.4 Å². The van der Waals surface area contributed by atoms with E-state index in [0.717, 1.165) is 11.1 Å². The Bertz CT molecular complexity index is 824. The van der Waals surface area contributed by atoms with Crippen LogP contribution in [0.4, 0.5) is 5.69 Å². The summed E-state index contributed by atoms with van der Waals surface area (Å²) in [4.78, 5) is 25.4. The van der Waals surface area contributed by atoms with Crippen molar-refractivity contribution in [2.45, 2.75) is 33.2 Å². The molecule has 0 bridgehead atoms. The van der Waals surface area contributed by atoms with Crippen molar-refractivity contribution in [3.05, 3.63) is 59.2 Å². The number of carbonyl (C=O) groups is 2. The van der Waals surface area contributed by atoms with E-state index in [4.69, 9.17) is 4.74 Å². The molecule has 1 saturated carbocycles. The first kappa shape index (κ1) is 18.0. The Labute approximate surface area is 153 Å². The fraction of sp³-hybridized carbons (Fsp3) is 0.333. The van der Waals surface area contributed by atoms with Crippen LogP contribution in [0.1, 0.15) is 29.5 Å². The quantitative estimate of drug-likeness (QED) is 0.784. The highest BCUT2D eigenvalue weighted by Crippen LogP contribution is 2.47. The van der Waals surface area contributed by atoms with Crippen molar-refractivity contribution in [3.63, 3.8) is 0 Å². The normalized spacial score (nSPS) is 14.4. The van der Waals surface area contributed by atoms with Gasteiger partial charge in [-0.2, -0.15) is 0 Å². The zero-order chi connectivity index (χ0) is 18.7. The van der Waals surface area contributed by atoms with E-state index in [0.29, 0.717) is 30.8 Å². The number of nitrogens with one attached hydrogen (secondary N) is 2. The minimum absolute atomic E-state index is 0.220. The first-order valence-corrected chi connectivity index (χ1v) is 8.74. The summed E-state index contributed by atoms with van der Waals surface area (Å²) < 4.78 is 5.29. The maximum atomic E-state index is 12.7. The molecule has 2 amide bonds. The van der Waals surface area contributed by atoms with Crippen LogP contribution in [0.25, 0.3) is 0 Å². The molecule has 3 rings (SSSR count). The van der Waals surface area contributed by atoms with Crippen molar-refractivity contribution < 1.29 is 14.3 Å². The minimum atomic E-state index is -0.973. The van der Waals surface area contributed by atoms with Gasteiger partial charge in [0, 0.05) is 6.54 Å². The highest BCUT2D eigenvalue weighted by atomic mass is 16.5. The van der Waals surface area contributed by atoms with Gasteiger partial charge >= 0.3 is 0 Å². The molecule has 26 heavy (non-hydrogen) atoms. The molecule has 2 N–H and O–H groups in total. The molecule has 5 heteroatoms. The van der Waals surface area contributed by atoms with Crippen molar-refractivity contribution in [1.29, 1.82) is 0 Å². The van der Waals surface area contributed by atoms with Crippen LogP contribution in [-0.2, 0) is 16.1 Å². The average Bonchev–Trinajstić information content (AvgIpc) is 3.43. The third-order valence-electron chi connectivity index (χ3n) is 4.80. The van der Waals surface area contributed by atoms with E-state index in [1.807, 2.05) is 56.3 Å². The number of benzene rings is 2.